The van der Waals surface area contributed by atoms with Gasteiger partial charge >= 0.3 is 0 Å². The van der Waals surface area contributed by atoms with E-state index in [9.17, 15) is 0 Å². The van der Waals surface area contributed by atoms with Crippen molar-refractivity contribution >= 4 is 0 Å². The molecule has 1 saturated heterocycles. The van der Waals surface area contributed by atoms with Gasteiger partial charge in [-0.2, -0.15) is 5.10 Å². The maximum atomic E-state index is 5.09. The lowest BCUT2D eigenvalue weighted by atomic mass is 10.1. The summed E-state index contributed by atoms with van der Waals surface area (Å²) in [7, 11) is 5.96. The number of likely N-dealkylation sites (tertiary alicyclic amines) is 1. The summed E-state index contributed by atoms with van der Waals surface area (Å²) in [4.78, 5) is 4.73. The first-order valence-electron chi connectivity index (χ1n) is 7.92. The Kier molecular flexibility index (Phi) is 5.04. The minimum atomic E-state index is 0.330. The van der Waals surface area contributed by atoms with Crippen LogP contribution >= 0.6 is 0 Å². The third-order valence-corrected chi connectivity index (χ3v) is 4.40. The van der Waals surface area contributed by atoms with Crippen LogP contribution in [-0.4, -0.2) is 81.5 Å². The van der Waals surface area contributed by atoms with E-state index in [0.29, 0.717) is 18.7 Å². The molecule has 8 heteroatoms. The van der Waals surface area contributed by atoms with Gasteiger partial charge in [0.05, 0.1) is 31.6 Å². The number of aromatic nitrogens is 5. The monoisotopic (exact) mass is 319 g/mol. The van der Waals surface area contributed by atoms with Crippen molar-refractivity contribution in [3.63, 3.8) is 0 Å². The Hall–Kier alpha value is -1.77. The van der Waals surface area contributed by atoms with Crippen molar-refractivity contribution in [1.29, 1.82) is 0 Å². The van der Waals surface area contributed by atoms with Crippen molar-refractivity contribution < 1.29 is 4.74 Å². The summed E-state index contributed by atoms with van der Waals surface area (Å²) in [5.74, 6) is 0. The molecule has 1 fully saturated rings. The van der Waals surface area contributed by atoms with E-state index in [4.69, 9.17) is 4.74 Å². The van der Waals surface area contributed by atoms with Gasteiger partial charge in [0.1, 0.15) is 0 Å². The van der Waals surface area contributed by atoms with Crippen LogP contribution in [0.5, 0.6) is 0 Å². The Morgan fingerprint density at radius 3 is 2.91 bits per heavy atom. The number of methoxy groups -OCH3 is 1. The molecule has 23 heavy (non-hydrogen) atoms. The van der Waals surface area contributed by atoms with Gasteiger partial charge in [-0.25, -0.2) is 4.68 Å². The van der Waals surface area contributed by atoms with E-state index in [1.807, 2.05) is 21.8 Å². The summed E-state index contributed by atoms with van der Waals surface area (Å²) in [6, 6.07) is 0.760. The lowest BCUT2D eigenvalue weighted by Crippen LogP contribution is -2.36. The summed E-state index contributed by atoms with van der Waals surface area (Å²) in [6.07, 6.45) is 7.75. The smallest absolute Gasteiger partial charge is 0.0831 e. The fourth-order valence-electron chi connectivity index (χ4n) is 3.19. The summed E-state index contributed by atoms with van der Waals surface area (Å²) in [6.45, 7) is 4.36. The molecule has 8 nitrogen and oxygen atoms in total. The molecule has 0 unspecified atom stereocenters. The van der Waals surface area contributed by atoms with Gasteiger partial charge in [-0.05, 0) is 14.1 Å². The number of hydrogen-bond acceptors (Lipinski definition) is 6. The molecule has 3 heterocycles. The SMILES string of the molecule is COCCn1cc(CN2C[C@@H](N(C)C)[C@@H](n3ccnn3)C2)cn1. The van der Waals surface area contributed by atoms with Crippen LogP contribution in [0.1, 0.15) is 11.6 Å². The predicted octanol–water partition coefficient (Wildman–Crippen LogP) is 0.108. The molecule has 1 aliphatic heterocycles. The minimum Gasteiger partial charge on any atom is -0.383 e. The second-order valence-electron chi connectivity index (χ2n) is 6.28. The molecule has 0 saturated carbocycles. The van der Waals surface area contributed by atoms with Gasteiger partial charge in [-0.15, -0.1) is 5.10 Å². The summed E-state index contributed by atoms with van der Waals surface area (Å²) >= 11 is 0. The molecular weight excluding hydrogens is 294 g/mol. The van der Waals surface area contributed by atoms with E-state index < -0.39 is 0 Å². The molecule has 2 aromatic rings. The van der Waals surface area contributed by atoms with Gasteiger partial charge in [-0.1, -0.05) is 5.21 Å². The lowest BCUT2D eigenvalue weighted by Gasteiger charge is -2.24. The molecule has 1 aliphatic rings. The van der Waals surface area contributed by atoms with Crippen molar-refractivity contribution in [3.8, 4) is 0 Å². The highest BCUT2D eigenvalue weighted by atomic mass is 16.5. The standard InChI is InChI=1S/C15H25N7O/c1-19(2)14-11-20(12-15(14)22-5-4-16-18-22)9-13-8-17-21(10-13)6-7-23-3/h4-5,8,10,14-15H,6-7,9,11-12H2,1-3H3/t14-,15+/m1/s1. The average Bonchev–Trinajstić information content (AvgIpc) is 3.25. The second kappa shape index (κ2) is 7.20. The van der Waals surface area contributed by atoms with Crippen LogP contribution in [-0.2, 0) is 17.8 Å². The number of ether oxygens (including phenoxy) is 1. The highest BCUT2D eigenvalue weighted by Crippen LogP contribution is 2.25. The molecule has 0 N–H and O–H groups in total. The van der Waals surface area contributed by atoms with Crippen molar-refractivity contribution in [1.82, 2.24) is 34.6 Å². The van der Waals surface area contributed by atoms with Gasteiger partial charge < -0.3 is 9.64 Å². The van der Waals surface area contributed by atoms with Gasteiger partial charge in [0, 0.05) is 50.7 Å². The Morgan fingerprint density at radius 1 is 1.35 bits per heavy atom. The quantitative estimate of drug-likeness (QED) is 0.722. The highest BCUT2D eigenvalue weighted by Gasteiger charge is 2.35. The third kappa shape index (κ3) is 3.77. The van der Waals surface area contributed by atoms with E-state index in [0.717, 1.165) is 26.2 Å². The van der Waals surface area contributed by atoms with Crippen LogP contribution in [0, 0.1) is 0 Å². The normalized spacial score (nSPS) is 22.3. The second-order valence-corrected chi connectivity index (χ2v) is 6.28. The molecule has 0 bridgehead atoms. The molecule has 0 amide bonds. The largest absolute Gasteiger partial charge is 0.383 e. The fourth-order valence-corrected chi connectivity index (χ4v) is 3.19. The molecule has 3 rings (SSSR count). The Morgan fingerprint density at radius 2 is 2.22 bits per heavy atom. The Balaban J connectivity index is 1.64. The zero-order valence-corrected chi connectivity index (χ0v) is 14.0. The molecular formula is C15H25N7O. The Labute approximate surface area is 136 Å². The third-order valence-electron chi connectivity index (χ3n) is 4.40. The number of likely N-dealkylation sites (N-methyl/N-ethyl adjacent to an activating group) is 1. The van der Waals surface area contributed by atoms with Gasteiger partial charge in [-0.3, -0.25) is 9.58 Å². The lowest BCUT2D eigenvalue weighted by molar-refractivity contribution is 0.183. The molecule has 2 atom stereocenters. The summed E-state index contributed by atoms with van der Waals surface area (Å²) < 4.78 is 9.01. The molecule has 0 radical (unpaired) electrons. The molecule has 126 valence electrons. The highest BCUT2D eigenvalue weighted by molar-refractivity contribution is 5.05. The molecule has 0 aromatic carbocycles. The zero-order chi connectivity index (χ0) is 16.2. The van der Waals surface area contributed by atoms with Crippen LogP contribution in [0.15, 0.2) is 24.8 Å². The van der Waals surface area contributed by atoms with Crippen molar-refractivity contribution in [3.05, 3.63) is 30.4 Å². The van der Waals surface area contributed by atoms with E-state index in [-0.39, 0.29) is 0 Å². The van der Waals surface area contributed by atoms with Crippen LogP contribution in [0.3, 0.4) is 0 Å². The summed E-state index contributed by atoms with van der Waals surface area (Å²) in [5, 5.41) is 12.5. The van der Waals surface area contributed by atoms with Gasteiger partial charge in [0.25, 0.3) is 0 Å². The maximum absolute atomic E-state index is 5.09. The van der Waals surface area contributed by atoms with Crippen molar-refractivity contribution in [2.75, 3.05) is 40.9 Å². The van der Waals surface area contributed by atoms with Crippen molar-refractivity contribution in [2.24, 2.45) is 0 Å². The number of hydrogen-bond donors (Lipinski definition) is 0. The first-order chi connectivity index (χ1) is 11.2. The average molecular weight is 319 g/mol. The molecule has 0 aliphatic carbocycles. The molecule has 0 spiro atoms. The van der Waals surface area contributed by atoms with Crippen LogP contribution < -0.4 is 0 Å². The van der Waals surface area contributed by atoms with Crippen molar-refractivity contribution in [2.45, 2.75) is 25.2 Å². The van der Waals surface area contributed by atoms with Gasteiger partial charge in [0.2, 0.25) is 0 Å². The van der Waals surface area contributed by atoms with Gasteiger partial charge in [0.15, 0.2) is 0 Å². The Bertz CT molecular complexity index is 595. The van der Waals surface area contributed by atoms with E-state index in [1.165, 1.54) is 5.56 Å². The number of rotatable bonds is 7. The fraction of sp³-hybridized carbons (Fsp3) is 0.667. The summed E-state index contributed by atoms with van der Waals surface area (Å²) in [5.41, 5.74) is 1.23. The molecule has 2 aromatic heterocycles. The van der Waals surface area contributed by atoms with Crippen LogP contribution in [0.4, 0.5) is 0 Å². The minimum absolute atomic E-state index is 0.330. The predicted molar refractivity (Wildman–Crippen MR) is 85.9 cm³/mol. The maximum Gasteiger partial charge on any atom is 0.0831 e. The van der Waals surface area contributed by atoms with Crippen LogP contribution in [0.25, 0.3) is 0 Å². The van der Waals surface area contributed by atoms with E-state index in [1.54, 1.807) is 13.3 Å². The first-order valence-corrected chi connectivity index (χ1v) is 7.92. The topological polar surface area (TPSA) is 64.2 Å². The number of nitrogens with zero attached hydrogens (tertiary/aromatic N) is 7. The van der Waals surface area contributed by atoms with Crippen LogP contribution in [0.2, 0.25) is 0 Å². The zero-order valence-electron chi connectivity index (χ0n) is 14.0. The first kappa shape index (κ1) is 16.1. The van der Waals surface area contributed by atoms with E-state index in [2.05, 4.69) is 45.5 Å². The van der Waals surface area contributed by atoms with E-state index >= 15 is 0 Å².